The molecule has 0 aromatic carbocycles. The third-order valence-electron chi connectivity index (χ3n) is 3.06. The zero-order chi connectivity index (χ0) is 9.97. The Labute approximate surface area is 84.3 Å². The fourth-order valence-corrected chi connectivity index (χ4v) is 2.00. The van der Waals surface area contributed by atoms with Crippen LogP contribution in [-0.2, 0) is 0 Å². The molecule has 1 aliphatic rings. The first-order valence-electron chi connectivity index (χ1n) is 5.43. The SMILES string of the molecule is CC(CN)c1n[nH]c(C2CCCC2)n1. The number of hydrogen-bond donors (Lipinski definition) is 2. The Kier molecular flexibility index (Phi) is 2.82. The highest BCUT2D eigenvalue weighted by Gasteiger charge is 2.21. The molecule has 1 atom stereocenters. The topological polar surface area (TPSA) is 67.6 Å². The van der Waals surface area contributed by atoms with Crippen molar-refractivity contribution >= 4 is 0 Å². The van der Waals surface area contributed by atoms with Gasteiger partial charge in [-0.1, -0.05) is 19.8 Å². The van der Waals surface area contributed by atoms with Crippen molar-refractivity contribution in [3.63, 3.8) is 0 Å². The van der Waals surface area contributed by atoms with E-state index in [2.05, 4.69) is 22.1 Å². The lowest BCUT2D eigenvalue weighted by molar-refractivity contribution is 0.668. The summed E-state index contributed by atoms with van der Waals surface area (Å²) in [6.07, 6.45) is 5.16. The molecule has 2 rings (SSSR count). The van der Waals surface area contributed by atoms with E-state index in [-0.39, 0.29) is 5.92 Å². The molecule has 3 N–H and O–H groups in total. The first kappa shape index (κ1) is 9.65. The highest BCUT2D eigenvalue weighted by atomic mass is 15.2. The highest BCUT2D eigenvalue weighted by molar-refractivity contribution is 5.03. The Hall–Kier alpha value is -0.900. The summed E-state index contributed by atoms with van der Waals surface area (Å²) in [5, 5.41) is 7.26. The predicted molar refractivity (Wildman–Crippen MR) is 55.1 cm³/mol. The Bertz CT molecular complexity index is 288. The molecule has 0 radical (unpaired) electrons. The molecule has 1 heterocycles. The van der Waals surface area contributed by atoms with Gasteiger partial charge in [0.1, 0.15) is 5.82 Å². The predicted octanol–water partition coefficient (Wildman–Crippen LogP) is 1.52. The summed E-state index contributed by atoms with van der Waals surface area (Å²) >= 11 is 0. The van der Waals surface area contributed by atoms with Crippen LogP contribution < -0.4 is 5.73 Å². The minimum absolute atomic E-state index is 0.265. The number of nitrogens with one attached hydrogen (secondary N) is 1. The van der Waals surface area contributed by atoms with Gasteiger partial charge in [0.05, 0.1) is 0 Å². The molecule has 1 unspecified atom stereocenters. The zero-order valence-electron chi connectivity index (χ0n) is 8.66. The van der Waals surface area contributed by atoms with Crippen molar-refractivity contribution in [3.05, 3.63) is 11.6 Å². The summed E-state index contributed by atoms with van der Waals surface area (Å²) in [7, 11) is 0. The van der Waals surface area contributed by atoms with E-state index in [4.69, 9.17) is 5.73 Å². The second-order valence-electron chi connectivity index (χ2n) is 4.20. The molecule has 0 saturated heterocycles. The zero-order valence-corrected chi connectivity index (χ0v) is 8.66. The van der Waals surface area contributed by atoms with Gasteiger partial charge in [0, 0.05) is 18.4 Å². The van der Waals surface area contributed by atoms with Crippen LogP contribution in [0.3, 0.4) is 0 Å². The van der Waals surface area contributed by atoms with E-state index >= 15 is 0 Å². The Balaban J connectivity index is 2.08. The van der Waals surface area contributed by atoms with Gasteiger partial charge in [0.25, 0.3) is 0 Å². The monoisotopic (exact) mass is 194 g/mol. The second-order valence-corrected chi connectivity index (χ2v) is 4.20. The van der Waals surface area contributed by atoms with E-state index in [1.54, 1.807) is 0 Å². The maximum Gasteiger partial charge on any atom is 0.154 e. The fourth-order valence-electron chi connectivity index (χ4n) is 2.00. The molecule has 1 saturated carbocycles. The van der Waals surface area contributed by atoms with Crippen molar-refractivity contribution in [2.24, 2.45) is 5.73 Å². The highest BCUT2D eigenvalue weighted by Crippen LogP contribution is 2.32. The Morgan fingerprint density at radius 1 is 1.50 bits per heavy atom. The lowest BCUT2D eigenvalue weighted by atomic mass is 10.1. The van der Waals surface area contributed by atoms with Crippen LogP contribution in [0.2, 0.25) is 0 Å². The standard InChI is InChI=1S/C10H18N4/c1-7(6-11)9-12-10(14-13-9)8-4-2-3-5-8/h7-8H,2-6,11H2,1H3,(H,12,13,14). The van der Waals surface area contributed by atoms with E-state index in [9.17, 15) is 0 Å². The van der Waals surface area contributed by atoms with Crippen molar-refractivity contribution in [3.8, 4) is 0 Å². The number of nitrogens with zero attached hydrogens (tertiary/aromatic N) is 2. The first-order chi connectivity index (χ1) is 6.81. The average molecular weight is 194 g/mol. The van der Waals surface area contributed by atoms with E-state index in [1.807, 2.05) is 0 Å². The van der Waals surface area contributed by atoms with Crippen LogP contribution >= 0.6 is 0 Å². The molecular formula is C10H18N4. The lowest BCUT2D eigenvalue weighted by Gasteiger charge is -2.03. The molecule has 1 aromatic heterocycles. The molecule has 1 aliphatic carbocycles. The quantitative estimate of drug-likeness (QED) is 0.766. The van der Waals surface area contributed by atoms with Crippen LogP contribution in [0.25, 0.3) is 0 Å². The minimum atomic E-state index is 0.265. The number of aromatic nitrogens is 3. The third kappa shape index (κ3) is 1.80. The van der Waals surface area contributed by atoms with Crippen LogP contribution in [0.1, 0.15) is 56.1 Å². The molecule has 0 bridgehead atoms. The molecule has 0 spiro atoms. The Morgan fingerprint density at radius 2 is 2.21 bits per heavy atom. The molecule has 78 valence electrons. The van der Waals surface area contributed by atoms with Gasteiger partial charge in [-0.15, -0.1) is 0 Å². The number of rotatable bonds is 3. The number of H-pyrrole nitrogens is 1. The summed E-state index contributed by atoms with van der Waals surface area (Å²) in [5.74, 6) is 2.81. The molecule has 4 nitrogen and oxygen atoms in total. The van der Waals surface area contributed by atoms with E-state index < -0.39 is 0 Å². The van der Waals surface area contributed by atoms with Crippen LogP contribution in [0.4, 0.5) is 0 Å². The van der Waals surface area contributed by atoms with Crippen LogP contribution in [0.5, 0.6) is 0 Å². The van der Waals surface area contributed by atoms with Gasteiger partial charge in [-0.05, 0) is 12.8 Å². The summed E-state index contributed by atoms with van der Waals surface area (Å²) in [6, 6.07) is 0. The molecular weight excluding hydrogens is 176 g/mol. The maximum atomic E-state index is 5.57. The van der Waals surface area contributed by atoms with Crippen molar-refractivity contribution < 1.29 is 0 Å². The minimum Gasteiger partial charge on any atom is -0.330 e. The van der Waals surface area contributed by atoms with Crippen molar-refractivity contribution in [1.82, 2.24) is 15.2 Å². The third-order valence-corrected chi connectivity index (χ3v) is 3.06. The van der Waals surface area contributed by atoms with E-state index in [1.165, 1.54) is 25.7 Å². The van der Waals surface area contributed by atoms with E-state index in [0.717, 1.165) is 11.6 Å². The Morgan fingerprint density at radius 3 is 2.86 bits per heavy atom. The molecule has 1 aromatic rings. The number of aromatic amines is 1. The van der Waals surface area contributed by atoms with Gasteiger partial charge in [0.2, 0.25) is 0 Å². The van der Waals surface area contributed by atoms with Crippen LogP contribution in [0.15, 0.2) is 0 Å². The molecule has 0 aliphatic heterocycles. The van der Waals surface area contributed by atoms with Gasteiger partial charge in [-0.2, -0.15) is 5.10 Å². The second kappa shape index (κ2) is 4.09. The molecule has 1 fully saturated rings. The fraction of sp³-hybridized carbons (Fsp3) is 0.800. The lowest BCUT2D eigenvalue weighted by Crippen LogP contribution is -2.10. The van der Waals surface area contributed by atoms with Crippen molar-refractivity contribution in [1.29, 1.82) is 0 Å². The first-order valence-corrected chi connectivity index (χ1v) is 5.43. The van der Waals surface area contributed by atoms with Gasteiger partial charge in [-0.3, -0.25) is 5.10 Å². The largest absolute Gasteiger partial charge is 0.330 e. The molecule has 0 amide bonds. The van der Waals surface area contributed by atoms with Gasteiger partial charge >= 0.3 is 0 Å². The van der Waals surface area contributed by atoms with Gasteiger partial charge < -0.3 is 5.73 Å². The van der Waals surface area contributed by atoms with Crippen molar-refractivity contribution in [2.45, 2.75) is 44.4 Å². The van der Waals surface area contributed by atoms with Crippen molar-refractivity contribution in [2.75, 3.05) is 6.54 Å². The molecule has 14 heavy (non-hydrogen) atoms. The summed E-state index contributed by atoms with van der Waals surface area (Å²) in [6.45, 7) is 2.67. The van der Waals surface area contributed by atoms with Gasteiger partial charge in [-0.25, -0.2) is 4.98 Å². The number of hydrogen-bond acceptors (Lipinski definition) is 3. The van der Waals surface area contributed by atoms with E-state index in [0.29, 0.717) is 12.5 Å². The molecule has 4 heteroatoms. The summed E-state index contributed by atoms with van der Waals surface area (Å²) in [5.41, 5.74) is 5.57. The van der Waals surface area contributed by atoms with Crippen LogP contribution in [-0.4, -0.2) is 21.7 Å². The normalized spacial score (nSPS) is 20.1. The van der Waals surface area contributed by atoms with Gasteiger partial charge in [0.15, 0.2) is 5.82 Å². The summed E-state index contributed by atoms with van der Waals surface area (Å²) in [4.78, 5) is 4.52. The smallest absolute Gasteiger partial charge is 0.154 e. The summed E-state index contributed by atoms with van der Waals surface area (Å²) < 4.78 is 0. The number of nitrogens with two attached hydrogens (primary N) is 1. The average Bonchev–Trinajstić information content (AvgIpc) is 2.86. The van der Waals surface area contributed by atoms with Crippen LogP contribution in [0, 0.1) is 0 Å². The maximum absolute atomic E-state index is 5.57.